The minimum atomic E-state index is -0.507. The number of anilines is 4. The smallest absolute Gasteiger partial charge is 0.320 e. The van der Waals surface area contributed by atoms with Gasteiger partial charge in [-0.1, -0.05) is 54.6 Å². The zero-order valence-corrected chi connectivity index (χ0v) is 30.8. The van der Waals surface area contributed by atoms with E-state index >= 15 is 0 Å². The second kappa shape index (κ2) is 17.2. The van der Waals surface area contributed by atoms with Gasteiger partial charge >= 0.3 is 12.1 Å². The summed E-state index contributed by atoms with van der Waals surface area (Å²) >= 11 is 0. The van der Waals surface area contributed by atoms with Gasteiger partial charge in [0, 0.05) is 45.2 Å². The number of carbonyl (C=O) groups is 2. The van der Waals surface area contributed by atoms with E-state index in [1.807, 2.05) is 54.6 Å². The first-order chi connectivity index (χ1) is 26.9. The molecule has 17 heteroatoms. The van der Waals surface area contributed by atoms with E-state index in [0.717, 1.165) is 50.9 Å². The van der Waals surface area contributed by atoms with Gasteiger partial charge in [-0.3, -0.25) is 20.8 Å². The Morgan fingerprint density at radius 2 is 1.56 bits per heavy atom. The average molecular weight is 749 g/mol. The number of H-pyrrole nitrogens is 2. The van der Waals surface area contributed by atoms with Gasteiger partial charge in [0.05, 0.1) is 73.0 Å². The van der Waals surface area contributed by atoms with Crippen LogP contribution < -0.4 is 31.5 Å². The van der Waals surface area contributed by atoms with Crippen molar-refractivity contribution in [2.24, 2.45) is 0 Å². The van der Waals surface area contributed by atoms with Crippen LogP contribution in [0.15, 0.2) is 79.1 Å². The molecule has 0 spiro atoms. The van der Waals surface area contributed by atoms with Crippen LogP contribution in [0.5, 0.6) is 0 Å². The number of aromatic nitrogens is 6. The Kier molecular flexibility index (Phi) is 11.6. The highest BCUT2D eigenvalue weighted by Crippen LogP contribution is 2.28. The molecule has 7 rings (SSSR count). The van der Waals surface area contributed by atoms with Crippen LogP contribution in [0.4, 0.5) is 32.9 Å². The summed E-state index contributed by atoms with van der Waals surface area (Å²) in [5.41, 5.74) is 4.03. The van der Waals surface area contributed by atoms with Gasteiger partial charge in [0.1, 0.15) is 11.6 Å². The van der Waals surface area contributed by atoms with Crippen LogP contribution in [0, 0.1) is 0 Å². The van der Waals surface area contributed by atoms with E-state index in [9.17, 15) is 9.59 Å². The Morgan fingerprint density at radius 1 is 0.891 bits per heavy atom. The number of nitrogens with one attached hydrogen (secondary N) is 7. The van der Waals surface area contributed by atoms with Gasteiger partial charge in [-0.25, -0.2) is 19.6 Å². The van der Waals surface area contributed by atoms with Crippen molar-refractivity contribution in [3.8, 4) is 0 Å². The third kappa shape index (κ3) is 8.75. The van der Waals surface area contributed by atoms with Gasteiger partial charge in [0.25, 0.3) is 0 Å². The number of hydrogen-bond acceptors (Lipinski definition) is 11. The van der Waals surface area contributed by atoms with Crippen molar-refractivity contribution in [1.29, 1.82) is 0 Å². The number of aromatic amines is 2. The van der Waals surface area contributed by atoms with Crippen LogP contribution in [0.3, 0.4) is 0 Å². The Labute approximate surface area is 316 Å². The minimum Gasteiger partial charge on any atom is -0.382 e. The summed E-state index contributed by atoms with van der Waals surface area (Å²) < 4.78 is 17.3. The summed E-state index contributed by atoms with van der Waals surface area (Å²) in [6, 6.07) is 19.0. The molecule has 1 aliphatic rings. The average Bonchev–Trinajstić information content (AvgIpc) is 3.81. The third-order valence-electron chi connectivity index (χ3n) is 9.35. The number of fused-ring (bicyclic) bond motifs is 2. The number of amides is 4. The monoisotopic (exact) mass is 748 g/mol. The lowest BCUT2D eigenvalue weighted by atomic mass is 10.0. The third-order valence-corrected chi connectivity index (χ3v) is 9.35. The molecule has 1 unspecified atom stereocenters. The zero-order valence-electron chi connectivity index (χ0n) is 30.8. The van der Waals surface area contributed by atoms with Crippen LogP contribution in [0.2, 0.25) is 0 Å². The Balaban J connectivity index is 0.987. The van der Waals surface area contributed by atoms with Gasteiger partial charge in [-0.2, -0.15) is 10.2 Å². The second-order valence-corrected chi connectivity index (χ2v) is 13.1. The lowest BCUT2D eigenvalue weighted by molar-refractivity contribution is 0.0986. The molecule has 2 aromatic carbocycles. The van der Waals surface area contributed by atoms with Crippen molar-refractivity contribution in [3.63, 3.8) is 0 Å². The van der Waals surface area contributed by atoms with Crippen molar-refractivity contribution in [1.82, 2.24) is 41.0 Å². The van der Waals surface area contributed by atoms with Gasteiger partial charge in [-0.15, -0.1) is 0 Å². The summed E-state index contributed by atoms with van der Waals surface area (Å²) in [7, 11) is 3.36. The molecule has 3 atom stereocenters. The maximum Gasteiger partial charge on any atom is 0.320 e. The first-order valence-corrected chi connectivity index (χ1v) is 17.9. The zero-order chi connectivity index (χ0) is 38.1. The Hall–Kier alpha value is -6.30. The molecule has 4 amide bonds. The second-order valence-electron chi connectivity index (χ2n) is 13.1. The summed E-state index contributed by atoms with van der Waals surface area (Å²) in [6.45, 7) is 4.68. The standard InChI is InChI=1S/C38H44N12O5/c1-23-19-54-14-13-50(23)36-28-18-41-34(16-30(28)47-49-36)45-38(52)43-32(21-53-3)26-12-8-7-11-25(26)20-55-22-31(24-9-5-4-6-10-24)42-37(51)44-33-15-29-27(17-40-33)35(39-2)48-46-29/h4-12,15-18,23,31-32H,13-14,19-22H2,1-3H3,(H,47,49)(H2,39,46,48)(H2,40,42,44,51)(H2,41,43,45,52)/t23?,31-,32-/m1/s1. The van der Waals surface area contributed by atoms with Crippen LogP contribution >= 0.6 is 0 Å². The van der Waals surface area contributed by atoms with E-state index in [2.05, 4.69) is 68.8 Å². The quantitative estimate of drug-likeness (QED) is 0.0781. The normalized spacial score (nSPS) is 15.4. The SMILES string of the molecule is CNc1n[nH]c2cc(NC(=O)N[C@H](COCc3ccccc3[C@@H](COC)NC(=O)Nc3cc4[nH]nc(N5CCOCC5C)c4cn3)c3ccccc3)ncc12. The molecule has 5 heterocycles. The van der Waals surface area contributed by atoms with Gasteiger partial charge < -0.3 is 35.1 Å². The van der Waals surface area contributed by atoms with Crippen molar-refractivity contribution in [2.75, 3.05) is 68.0 Å². The van der Waals surface area contributed by atoms with E-state index in [1.54, 1.807) is 38.7 Å². The molecule has 0 aliphatic carbocycles. The molecule has 6 aromatic rings. The summed E-state index contributed by atoms with van der Waals surface area (Å²) in [5, 5.41) is 31.1. The van der Waals surface area contributed by atoms with Gasteiger partial charge in [0.15, 0.2) is 11.6 Å². The fourth-order valence-corrected chi connectivity index (χ4v) is 6.60. The highest BCUT2D eigenvalue weighted by atomic mass is 16.5. The predicted octanol–water partition coefficient (Wildman–Crippen LogP) is 5.08. The summed E-state index contributed by atoms with van der Waals surface area (Å²) in [4.78, 5) is 37.6. The van der Waals surface area contributed by atoms with Crippen molar-refractivity contribution in [2.45, 2.75) is 31.7 Å². The largest absolute Gasteiger partial charge is 0.382 e. The molecule has 1 saturated heterocycles. The van der Waals surface area contributed by atoms with Crippen molar-refractivity contribution >= 4 is 57.1 Å². The summed E-state index contributed by atoms with van der Waals surface area (Å²) in [6.07, 6.45) is 3.35. The molecular formula is C38H44N12O5. The molecule has 1 aliphatic heterocycles. The maximum absolute atomic E-state index is 13.3. The molecule has 7 N–H and O–H groups in total. The van der Waals surface area contributed by atoms with Crippen LogP contribution in [0.25, 0.3) is 21.8 Å². The van der Waals surface area contributed by atoms with E-state index in [0.29, 0.717) is 30.7 Å². The lowest BCUT2D eigenvalue weighted by Crippen LogP contribution is -2.44. The number of morpholine rings is 1. The van der Waals surface area contributed by atoms with E-state index in [-0.39, 0.29) is 25.9 Å². The molecular weight excluding hydrogens is 704 g/mol. The molecule has 0 bridgehead atoms. The first kappa shape index (κ1) is 37.0. The molecule has 4 aromatic heterocycles. The van der Waals surface area contributed by atoms with Gasteiger partial charge in [0.2, 0.25) is 0 Å². The number of benzene rings is 2. The number of carbonyl (C=O) groups excluding carboxylic acids is 2. The van der Waals surface area contributed by atoms with Crippen LogP contribution in [-0.2, 0) is 20.8 Å². The fraction of sp³-hybridized carbons (Fsp3) is 0.316. The van der Waals surface area contributed by atoms with Crippen LogP contribution in [-0.4, -0.2) is 95.6 Å². The summed E-state index contributed by atoms with van der Waals surface area (Å²) in [5.74, 6) is 2.21. The maximum atomic E-state index is 13.3. The number of rotatable bonds is 14. The topological polar surface area (TPSA) is 208 Å². The van der Waals surface area contributed by atoms with E-state index < -0.39 is 24.1 Å². The molecule has 0 saturated carbocycles. The molecule has 286 valence electrons. The molecule has 0 radical (unpaired) electrons. The predicted molar refractivity (Wildman–Crippen MR) is 209 cm³/mol. The van der Waals surface area contributed by atoms with Crippen molar-refractivity contribution in [3.05, 3.63) is 95.8 Å². The number of nitrogens with zero attached hydrogens (tertiary/aromatic N) is 5. The lowest BCUT2D eigenvalue weighted by Gasteiger charge is -2.33. The van der Waals surface area contributed by atoms with Gasteiger partial charge in [-0.05, 0) is 23.6 Å². The van der Waals surface area contributed by atoms with E-state index in [4.69, 9.17) is 14.2 Å². The Bertz CT molecular complexity index is 2230. The molecule has 17 nitrogen and oxygen atoms in total. The number of ether oxygens (including phenoxy) is 3. The Morgan fingerprint density at radius 3 is 2.29 bits per heavy atom. The highest BCUT2D eigenvalue weighted by molar-refractivity contribution is 5.95. The minimum absolute atomic E-state index is 0.168. The number of pyridine rings is 2. The number of hydrogen-bond donors (Lipinski definition) is 7. The molecule has 1 fully saturated rings. The van der Waals surface area contributed by atoms with Crippen molar-refractivity contribution < 1.29 is 23.8 Å². The highest BCUT2D eigenvalue weighted by Gasteiger charge is 2.24. The van der Waals surface area contributed by atoms with Crippen LogP contribution in [0.1, 0.15) is 35.7 Å². The molecule has 55 heavy (non-hydrogen) atoms. The first-order valence-electron chi connectivity index (χ1n) is 17.9. The number of urea groups is 2. The number of methoxy groups -OCH3 is 1. The fourth-order valence-electron chi connectivity index (χ4n) is 6.60. The van der Waals surface area contributed by atoms with E-state index in [1.165, 1.54) is 0 Å².